The SMILES string of the molecule is O=[N+]([O-])c1ccc(F)c(F)c1-n1ccc(CNC2CC2)n1. The first kappa shape index (κ1) is 13.6. The maximum absolute atomic E-state index is 13.9. The molecule has 0 saturated heterocycles. The molecule has 1 heterocycles. The molecule has 0 aliphatic heterocycles. The van der Waals surface area contributed by atoms with Gasteiger partial charge < -0.3 is 5.32 Å². The van der Waals surface area contributed by atoms with E-state index in [1.807, 2.05) is 0 Å². The molecule has 1 N–H and O–H groups in total. The lowest BCUT2D eigenvalue weighted by Gasteiger charge is -2.05. The van der Waals surface area contributed by atoms with Crippen LogP contribution in [0.15, 0.2) is 24.4 Å². The minimum atomic E-state index is -1.28. The highest BCUT2D eigenvalue weighted by atomic mass is 19.2. The van der Waals surface area contributed by atoms with Crippen molar-refractivity contribution in [1.29, 1.82) is 0 Å². The summed E-state index contributed by atoms with van der Waals surface area (Å²) in [4.78, 5) is 10.2. The number of nitrogens with zero attached hydrogens (tertiary/aromatic N) is 3. The van der Waals surface area contributed by atoms with Gasteiger partial charge >= 0.3 is 0 Å². The molecule has 8 heteroatoms. The van der Waals surface area contributed by atoms with Gasteiger partial charge in [-0.05, 0) is 25.0 Å². The van der Waals surface area contributed by atoms with Crippen LogP contribution >= 0.6 is 0 Å². The van der Waals surface area contributed by atoms with Gasteiger partial charge in [0.1, 0.15) is 0 Å². The summed E-state index contributed by atoms with van der Waals surface area (Å²) in [5, 5.41) is 18.2. The molecule has 0 radical (unpaired) electrons. The number of halogens is 2. The van der Waals surface area contributed by atoms with Gasteiger partial charge in [-0.1, -0.05) is 0 Å². The molecule has 1 fully saturated rings. The van der Waals surface area contributed by atoms with Crippen LogP contribution in [-0.2, 0) is 6.54 Å². The highest BCUT2D eigenvalue weighted by Gasteiger charge is 2.24. The Labute approximate surface area is 118 Å². The Balaban J connectivity index is 1.95. The van der Waals surface area contributed by atoms with Crippen LogP contribution in [0.5, 0.6) is 0 Å². The van der Waals surface area contributed by atoms with Gasteiger partial charge in [-0.15, -0.1) is 0 Å². The molecule has 1 saturated carbocycles. The van der Waals surface area contributed by atoms with E-state index in [1.54, 1.807) is 6.07 Å². The van der Waals surface area contributed by atoms with Gasteiger partial charge in [0.25, 0.3) is 5.69 Å². The van der Waals surface area contributed by atoms with Gasteiger partial charge in [0.05, 0.1) is 10.6 Å². The van der Waals surface area contributed by atoms with Crippen molar-refractivity contribution < 1.29 is 13.7 Å². The fourth-order valence-corrected chi connectivity index (χ4v) is 2.01. The maximum atomic E-state index is 13.9. The number of hydrogen-bond donors (Lipinski definition) is 1. The average molecular weight is 294 g/mol. The number of aromatic nitrogens is 2. The molecule has 3 rings (SSSR count). The first-order valence-electron chi connectivity index (χ1n) is 6.47. The van der Waals surface area contributed by atoms with E-state index < -0.39 is 27.9 Å². The smallest absolute Gasteiger partial charge is 0.298 e. The van der Waals surface area contributed by atoms with E-state index in [-0.39, 0.29) is 0 Å². The first-order chi connectivity index (χ1) is 10.1. The van der Waals surface area contributed by atoms with Gasteiger partial charge in [-0.25, -0.2) is 13.5 Å². The first-order valence-corrected chi connectivity index (χ1v) is 6.47. The second-order valence-electron chi connectivity index (χ2n) is 4.89. The molecule has 1 aromatic heterocycles. The van der Waals surface area contributed by atoms with Crippen LogP contribution in [0, 0.1) is 21.7 Å². The van der Waals surface area contributed by atoms with E-state index >= 15 is 0 Å². The molecule has 110 valence electrons. The molecular formula is C13H12F2N4O2. The number of benzene rings is 1. The number of nitro groups is 1. The van der Waals surface area contributed by atoms with Gasteiger partial charge in [0, 0.05) is 24.8 Å². The minimum absolute atomic E-state index is 0.482. The summed E-state index contributed by atoms with van der Waals surface area (Å²) in [5.74, 6) is -2.43. The van der Waals surface area contributed by atoms with Crippen LogP contribution in [0.1, 0.15) is 18.5 Å². The second-order valence-corrected chi connectivity index (χ2v) is 4.89. The molecule has 0 spiro atoms. The van der Waals surface area contributed by atoms with E-state index in [9.17, 15) is 18.9 Å². The van der Waals surface area contributed by atoms with Gasteiger partial charge in [-0.2, -0.15) is 5.10 Å². The topological polar surface area (TPSA) is 73.0 Å². The fraction of sp³-hybridized carbons (Fsp3) is 0.308. The largest absolute Gasteiger partial charge is 0.308 e. The summed E-state index contributed by atoms with van der Waals surface area (Å²) in [5.41, 5.74) is -0.406. The normalized spacial score (nSPS) is 14.4. The summed E-state index contributed by atoms with van der Waals surface area (Å²) in [6.07, 6.45) is 3.62. The Morgan fingerprint density at radius 1 is 1.38 bits per heavy atom. The zero-order chi connectivity index (χ0) is 15.0. The van der Waals surface area contributed by atoms with Crippen molar-refractivity contribution in [3.8, 4) is 5.69 Å². The molecule has 0 bridgehead atoms. The van der Waals surface area contributed by atoms with Gasteiger partial charge in [0.15, 0.2) is 17.3 Å². The Morgan fingerprint density at radius 2 is 2.14 bits per heavy atom. The van der Waals surface area contributed by atoms with E-state index in [4.69, 9.17) is 0 Å². The molecule has 1 aliphatic carbocycles. The summed E-state index contributed by atoms with van der Waals surface area (Å²) in [6.45, 7) is 0.488. The van der Waals surface area contributed by atoms with Crippen LogP contribution in [0.2, 0.25) is 0 Å². The third-order valence-corrected chi connectivity index (χ3v) is 3.27. The van der Waals surface area contributed by atoms with Crippen molar-refractivity contribution in [3.63, 3.8) is 0 Å². The van der Waals surface area contributed by atoms with Crippen molar-refractivity contribution >= 4 is 5.69 Å². The summed E-state index contributed by atoms with van der Waals surface area (Å²) >= 11 is 0. The lowest BCUT2D eigenvalue weighted by molar-refractivity contribution is -0.384. The van der Waals surface area contributed by atoms with E-state index in [0.717, 1.165) is 29.7 Å². The van der Waals surface area contributed by atoms with Crippen molar-refractivity contribution in [2.45, 2.75) is 25.4 Å². The van der Waals surface area contributed by atoms with Crippen LogP contribution < -0.4 is 5.32 Å². The predicted molar refractivity (Wildman–Crippen MR) is 70.0 cm³/mol. The van der Waals surface area contributed by atoms with Crippen LogP contribution in [0.3, 0.4) is 0 Å². The standard InChI is InChI=1S/C13H12F2N4O2/c14-10-3-4-11(19(20)21)13(12(10)15)18-6-5-9(17-18)7-16-8-1-2-8/h3-6,8,16H,1-2,7H2. The quantitative estimate of drug-likeness (QED) is 0.678. The molecule has 0 atom stereocenters. The molecule has 0 unspecified atom stereocenters. The lowest BCUT2D eigenvalue weighted by Crippen LogP contribution is -2.16. The minimum Gasteiger partial charge on any atom is -0.308 e. The lowest BCUT2D eigenvalue weighted by atomic mass is 10.2. The predicted octanol–water partition coefficient (Wildman–Crippen LogP) is 2.31. The molecule has 21 heavy (non-hydrogen) atoms. The zero-order valence-corrected chi connectivity index (χ0v) is 10.9. The molecule has 1 aromatic carbocycles. The Bertz CT molecular complexity index is 697. The highest BCUT2D eigenvalue weighted by Crippen LogP contribution is 2.27. The average Bonchev–Trinajstić information content (AvgIpc) is 3.17. The summed E-state index contributed by atoms with van der Waals surface area (Å²) in [7, 11) is 0. The van der Waals surface area contributed by atoms with Crippen molar-refractivity contribution in [2.75, 3.05) is 0 Å². The van der Waals surface area contributed by atoms with Crippen molar-refractivity contribution in [3.05, 3.63) is 51.8 Å². The monoisotopic (exact) mass is 294 g/mol. The third kappa shape index (κ3) is 2.75. The van der Waals surface area contributed by atoms with E-state index in [1.165, 1.54) is 6.20 Å². The van der Waals surface area contributed by atoms with Crippen molar-refractivity contribution in [2.24, 2.45) is 0 Å². The van der Waals surface area contributed by atoms with Crippen molar-refractivity contribution in [1.82, 2.24) is 15.1 Å². The maximum Gasteiger partial charge on any atom is 0.298 e. The molecule has 2 aromatic rings. The fourth-order valence-electron chi connectivity index (χ4n) is 2.01. The third-order valence-electron chi connectivity index (χ3n) is 3.27. The molecule has 6 nitrogen and oxygen atoms in total. The van der Waals surface area contributed by atoms with Crippen LogP contribution in [-0.4, -0.2) is 20.7 Å². The van der Waals surface area contributed by atoms with E-state index in [0.29, 0.717) is 18.3 Å². The molecule has 0 amide bonds. The number of nitro benzene ring substituents is 1. The molecular weight excluding hydrogens is 282 g/mol. The Kier molecular flexibility index (Phi) is 3.38. The van der Waals surface area contributed by atoms with Gasteiger partial charge in [-0.3, -0.25) is 10.1 Å². The van der Waals surface area contributed by atoms with Gasteiger partial charge in [0.2, 0.25) is 0 Å². The Morgan fingerprint density at radius 3 is 2.81 bits per heavy atom. The van der Waals surface area contributed by atoms with Crippen LogP contribution in [0.4, 0.5) is 14.5 Å². The number of hydrogen-bond acceptors (Lipinski definition) is 4. The molecule has 1 aliphatic rings. The summed E-state index contributed by atoms with van der Waals surface area (Å²) < 4.78 is 28.2. The number of rotatable bonds is 5. The Hall–Kier alpha value is -2.35. The van der Waals surface area contributed by atoms with E-state index in [2.05, 4.69) is 10.4 Å². The number of nitrogens with one attached hydrogen (secondary N) is 1. The zero-order valence-electron chi connectivity index (χ0n) is 10.9. The second kappa shape index (κ2) is 5.21. The van der Waals surface area contributed by atoms with Crippen LogP contribution in [0.25, 0.3) is 5.69 Å². The highest BCUT2D eigenvalue weighted by molar-refractivity contribution is 5.53. The summed E-state index contributed by atoms with van der Waals surface area (Å²) in [6, 6.07) is 3.76.